The third-order valence-electron chi connectivity index (χ3n) is 2.95. The van der Waals surface area contributed by atoms with E-state index < -0.39 is 0 Å². The van der Waals surface area contributed by atoms with Crippen LogP contribution in [0.1, 0.15) is 41.8 Å². The van der Waals surface area contributed by atoms with E-state index in [1.807, 2.05) is 6.07 Å². The molecule has 0 aliphatic carbocycles. The highest BCUT2D eigenvalue weighted by Gasteiger charge is 2.15. The number of benzene rings is 1. The number of aromatic hydroxyl groups is 1. The maximum absolute atomic E-state index is 11.5. The number of carbonyl (C=O) groups is 1. The van der Waals surface area contributed by atoms with E-state index in [-0.39, 0.29) is 11.5 Å². The first-order chi connectivity index (χ1) is 9.63. The van der Waals surface area contributed by atoms with Gasteiger partial charge in [-0.15, -0.1) is 10.2 Å². The summed E-state index contributed by atoms with van der Waals surface area (Å²) in [5.74, 6) is 0.744. The van der Waals surface area contributed by atoms with E-state index in [2.05, 4.69) is 17.1 Å². The number of aromatic nitrogens is 2. The zero-order valence-electron chi connectivity index (χ0n) is 11.4. The lowest BCUT2D eigenvalue weighted by atomic mass is 9.98. The number of hydrogen-bond donors (Lipinski definition) is 1. The summed E-state index contributed by atoms with van der Waals surface area (Å²) >= 11 is 3.09. The van der Waals surface area contributed by atoms with Gasteiger partial charge in [0.1, 0.15) is 11.3 Å². The molecule has 0 aliphatic heterocycles. The Kier molecular flexibility index (Phi) is 5.14. The van der Waals surface area contributed by atoms with Crippen molar-refractivity contribution in [3.8, 4) is 5.75 Å². The average molecular weight is 308 g/mol. The third kappa shape index (κ3) is 3.37. The highest BCUT2D eigenvalue weighted by Crippen LogP contribution is 2.32. The van der Waals surface area contributed by atoms with Crippen LogP contribution in [0.4, 0.5) is 0 Å². The smallest absolute Gasteiger partial charge is 0.174 e. The number of thioether (sulfide) groups is 1. The molecular weight excluding hydrogens is 292 g/mol. The molecule has 0 spiro atoms. The van der Waals surface area contributed by atoms with Crippen molar-refractivity contribution in [2.75, 3.05) is 0 Å². The molecule has 20 heavy (non-hydrogen) atoms. The van der Waals surface area contributed by atoms with Crippen molar-refractivity contribution < 1.29 is 9.90 Å². The quantitative estimate of drug-likeness (QED) is 0.651. The minimum atomic E-state index is -0.108. The number of ketones is 1. The van der Waals surface area contributed by atoms with Gasteiger partial charge in [0.2, 0.25) is 0 Å². The number of phenolic OH excluding ortho intramolecular Hbond substituents is 1. The molecule has 0 saturated heterocycles. The van der Waals surface area contributed by atoms with Gasteiger partial charge in [0.25, 0.3) is 0 Å². The van der Waals surface area contributed by atoms with Gasteiger partial charge in [-0.2, -0.15) is 0 Å². The minimum absolute atomic E-state index is 0.108. The van der Waals surface area contributed by atoms with Crippen molar-refractivity contribution in [2.45, 2.75) is 36.8 Å². The molecule has 1 aromatic heterocycles. The molecule has 0 aliphatic rings. The Morgan fingerprint density at radius 2 is 2.25 bits per heavy atom. The second-order valence-electron chi connectivity index (χ2n) is 4.40. The van der Waals surface area contributed by atoms with Crippen molar-refractivity contribution >= 4 is 28.9 Å². The van der Waals surface area contributed by atoms with Crippen molar-refractivity contribution in [1.29, 1.82) is 0 Å². The zero-order chi connectivity index (χ0) is 14.5. The van der Waals surface area contributed by atoms with Crippen LogP contribution in [-0.4, -0.2) is 21.1 Å². The van der Waals surface area contributed by atoms with E-state index in [9.17, 15) is 9.90 Å². The molecule has 2 aromatic rings. The Morgan fingerprint density at radius 3 is 2.85 bits per heavy atom. The first-order valence-electron chi connectivity index (χ1n) is 6.37. The lowest BCUT2D eigenvalue weighted by Gasteiger charge is -2.12. The van der Waals surface area contributed by atoms with Gasteiger partial charge in [-0.25, -0.2) is 0 Å². The summed E-state index contributed by atoms with van der Waals surface area (Å²) in [6.07, 6.45) is 1.68. The third-order valence-corrected chi connectivity index (χ3v) is 4.86. The molecule has 2 rings (SSSR count). The van der Waals surface area contributed by atoms with E-state index in [1.54, 1.807) is 23.3 Å². The molecule has 0 bridgehead atoms. The number of hydrogen-bond acceptors (Lipinski definition) is 6. The van der Waals surface area contributed by atoms with Crippen molar-refractivity contribution in [3.05, 3.63) is 34.3 Å². The largest absolute Gasteiger partial charge is 0.507 e. The number of nitrogens with zero attached hydrogens (tertiary/aromatic N) is 2. The van der Waals surface area contributed by atoms with Crippen LogP contribution in [0.5, 0.6) is 5.75 Å². The molecule has 6 heteroatoms. The first kappa shape index (κ1) is 15.0. The minimum Gasteiger partial charge on any atom is -0.507 e. The molecule has 0 amide bonds. The number of phenols is 1. The van der Waals surface area contributed by atoms with Gasteiger partial charge >= 0.3 is 0 Å². The van der Waals surface area contributed by atoms with Gasteiger partial charge in [0.15, 0.2) is 10.1 Å². The van der Waals surface area contributed by atoms with Crippen molar-refractivity contribution in [1.82, 2.24) is 10.2 Å². The Bertz CT molecular complexity index is 597. The molecule has 1 heterocycles. The molecule has 106 valence electrons. The predicted octanol–water partition coefficient (Wildman–Crippen LogP) is 3.69. The SMILES string of the molecule is CCCc1c(CSc2nncs2)ccc(C(C)=O)c1O. The lowest BCUT2D eigenvalue weighted by molar-refractivity contribution is 0.101. The molecule has 0 unspecified atom stereocenters. The van der Waals surface area contributed by atoms with Crippen LogP contribution in [0.3, 0.4) is 0 Å². The van der Waals surface area contributed by atoms with Gasteiger partial charge in [-0.1, -0.05) is 42.5 Å². The fourth-order valence-electron chi connectivity index (χ4n) is 1.99. The molecule has 0 saturated carbocycles. The maximum Gasteiger partial charge on any atom is 0.174 e. The summed E-state index contributed by atoms with van der Waals surface area (Å²) in [6, 6.07) is 3.63. The summed E-state index contributed by atoms with van der Waals surface area (Å²) in [4.78, 5) is 11.5. The standard InChI is InChI=1S/C14H16N2O2S2/c1-3-4-12-10(7-19-14-16-15-8-20-14)5-6-11(9(2)17)13(12)18/h5-6,8,18H,3-4,7H2,1-2H3. The molecule has 0 radical (unpaired) electrons. The molecule has 0 atom stereocenters. The van der Waals surface area contributed by atoms with Crippen LogP contribution in [0.15, 0.2) is 22.0 Å². The zero-order valence-corrected chi connectivity index (χ0v) is 13.1. The molecule has 0 fully saturated rings. The second kappa shape index (κ2) is 6.85. The fourth-order valence-corrected chi connectivity index (χ4v) is 3.50. The number of carbonyl (C=O) groups excluding carboxylic acids is 1. The Morgan fingerprint density at radius 1 is 1.45 bits per heavy atom. The van der Waals surface area contributed by atoms with E-state index in [4.69, 9.17) is 0 Å². The van der Waals surface area contributed by atoms with Gasteiger partial charge in [-0.05, 0) is 30.5 Å². The van der Waals surface area contributed by atoms with Crippen LogP contribution in [0, 0.1) is 0 Å². The molecule has 1 aromatic carbocycles. The van der Waals surface area contributed by atoms with Gasteiger partial charge in [-0.3, -0.25) is 4.79 Å². The first-order valence-corrected chi connectivity index (χ1v) is 8.23. The maximum atomic E-state index is 11.5. The Hall–Kier alpha value is -1.40. The van der Waals surface area contributed by atoms with Crippen LogP contribution in [0.25, 0.3) is 0 Å². The summed E-state index contributed by atoms with van der Waals surface area (Å²) in [5, 5.41) is 18.1. The van der Waals surface area contributed by atoms with Gasteiger partial charge in [0.05, 0.1) is 5.56 Å². The summed E-state index contributed by atoms with van der Waals surface area (Å²) in [5.41, 5.74) is 4.02. The monoisotopic (exact) mass is 308 g/mol. The van der Waals surface area contributed by atoms with E-state index in [1.165, 1.54) is 18.3 Å². The Labute approximate surface area is 126 Å². The van der Waals surface area contributed by atoms with Crippen LogP contribution in [0.2, 0.25) is 0 Å². The van der Waals surface area contributed by atoms with Gasteiger partial charge in [0, 0.05) is 5.75 Å². The average Bonchev–Trinajstić information content (AvgIpc) is 2.92. The van der Waals surface area contributed by atoms with Gasteiger partial charge < -0.3 is 5.11 Å². The van der Waals surface area contributed by atoms with Crippen LogP contribution in [-0.2, 0) is 12.2 Å². The van der Waals surface area contributed by atoms with Crippen molar-refractivity contribution in [3.63, 3.8) is 0 Å². The predicted molar refractivity (Wildman–Crippen MR) is 81.6 cm³/mol. The number of Topliss-reactive ketones (excluding diaryl/α,β-unsaturated/α-hetero) is 1. The molecular formula is C14H16N2O2S2. The van der Waals surface area contributed by atoms with E-state index in [0.29, 0.717) is 5.56 Å². The second-order valence-corrected chi connectivity index (χ2v) is 6.45. The van der Waals surface area contributed by atoms with Crippen molar-refractivity contribution in [2.24, 2.45) is 0 Å². The Balaban J connectivity index is 2.27. The number of rotatable bonds is 6. The van der Waals surface area contributed by atoms with Crippen LogP contribution < -0.4 is 0 Å². The van der Waals surface area contributed by atoms with Crippen LogP contribution >= 0.6 is 23.1 Å². The van der Waals surface area contributed by atoms with E-state index in [0.717, 1.165) is 34.1 Å². The lowest BCUT2D eigenvalue weighted by Crippen LogP contribution is -2.00. The summed E-state index contributed by atoms with van der Waals surface area (Å²) in [7, 11) is 0. The molecule has 4 nitrogen and oxygen atoms in total. The molecule has 1 N–H and O–H groups in total. The highest BCUT2D eigenvalue weighted by molar-refractivity contribution is 8.00. The topological polar surface area (TPSA) is 63.1 Å². The summed E-state index contributed by atoms with van der Waals surface area (Å²) < 4.78 is 0.905. The normalized spacial score (nSPS) is 10.7. The fraction of sp³-hybridized carbons (Fsp3) is 0.357. The van der Waals surface area contributed by atoms with E-state index >= 15 is 0 Å². The highest BCUT2D eigenvalue weighted by atomic mass is 32.2. The summed E-state index contributed by atoms with van der Waals surface area (Å²) in [6.45, 7) is 3.53.